The summed E-state index contributed by atoms with van der Waals surface area (Å²) in [5.41, 5.74) is 5.91. The van der Waals surface area contributed by atoms with E-state index in [0.717, 1.165) is 31.2 Å². The molecule has 5 rings (SSSR count). The summed E-state index contributed by atoms with van der Waals surface area (Å²) in [6, 6.07) is 21.0. The van der Waals surface area contributed by atoms with E-state index in [-0.39, 0.29) is 31.2 Å². The minimum absolute atomic E-state index is 0.0730. The Kier molecular flexibility index (Phi) is 11.9. The van der Waals surface area contributed by atoms with E-state index in [0.29, 0.717) is 47.4 Å². The monoisotopic (exact) mass is 696 g/mol. The van der Waals surface area contributed by atoms with Crippen LogP contribution in [0.3, 0.4) is 0 Å². The third-order valence-corrected chi connectivity index (χ3v) is 8.32. The number of hydrogen-bond acceptors (Lipinski definition) is 9. The molecule has 0 saturated carbocycles. The second kappa shape index (κ2) is 15.9. The Morgan fingerprint density at radius 2 is 1.62 bits per heavy atom. The van der Waals surface area contributed by atoms with Crippen LogP contribution in [0.1, 0.15) is 47.2 Å². The molecule has 50 heavy (non-hydrogen) atoms. The van der Waals surface area contributed by atoms with Gasteiger partial charge >= 0.3 is 18.1 Å². The molecule has 1 fully saturated rings. The van der Waals surface area contributed by atoms with Crippen LogP contribution in [-0.4, -0.2) is 71.8 Å². The number of nitrogens with zero attached hydrogens (tertiary/aromatic N) is 1. The van der Waals surface area contributed by atoms with Crippen molar-refractivity contribution >= 4 is 47.7 Å². The van der Waals surface area contributed by atoms with Gasteiger partial charge in [0.25, 0.3) is 11.8 Å². The molecule has 3 aromatic rings. The number of carboxylic acids is 1. The van der Waals surface area contributed by atoms with Crippen LogP contribution in [0.4, 0.5) is 24.5 Å². The molecule has 0 bridgehead atoms. The van der Waals surface area contributed by atoms with Gasteiger partial charge in [-0.2, -0.15) is 13.2 Å². The number of anilines is 2. The van der Waals surface area contributed by atoms with Crippen LogP contribution in [0.15, 0.2) is 72.8 Å². The number of hydrogen-bond donors (Lipinski definition) is 4. The Morgan fingerprint density at radius 3 is 2.22 bits per heavy atom. The van der Waals surface area contributed by atoms with E-state index < -0.39 is 29.2 Å². The first-order valence-electron chi connectivity index (χ1n) is 15.6. The molecule has 1 unspecified atom stereocenters. The lowest BCUT2D eigenvalue weighted by molar-refractivity contribution is -0.192. The molecule has 0 aromatic heterocycles. The van der Waals surface area contributed by atoms with E-state index in [1.165, 1.54) is 4.90 Å². The Labute approximate surface area is 284 Å². The summed E-state index contributed by atoms with van der Waals surface area (Å²) in [4.78, 5) is 73.4. The van der Waals surface area contributed by atoms with E-state index in [1.807, 2.05) is 12.1 Å². The number of benzene rings is 3. The molecule has 2 atom stereocenters. The van der Waals surface area contributed by atoms with Crippen molar-refractivity contribution in [3.63, 3.8) is 0 Å². The van der Waals surface area contributed by atoms with Gasteiger partial charge in [-0.05, 0) is 73.3 Å². The Balaban J connectivity index is 0.000000727. The molecule has 1 saturated heterocycles. The SMILES string of the molecule is NCCCCCc1ccc2c(c1)C(=O)NCC(=O)N2c1ccc(C[C@@]2(C(=O)Oc3ccccc3)NC2(C=O)CC=O)cc1.O=C(O)C(F)(F)F. The molecule has 2 aliphatic heterocycles. The van der Waals surface area contributed by atoms with Crippen LogP contribution < -0.4 is 26.0 Å². The average molecular weight is 697 g/mol. The summed E-state index contributed by atoms with van der Waals surface area (Å²) < 4.78 is 37.3. The van der Waals surface area contributed by atoms with Gasteiger partial charge in [0.1, 0.15) is 29.4 Å². The number of amides is 2. The zero-order valence-electron chi connectivity index (χ0n) is 26.7. The zero-order valence-corrected chi connectivity index (χ0v) is 26.7. The number of alkyl halides is 3. The highest BCUT2D eigenvalue weighted by molar-refractivity contribution is 6.13. The van der Waals surface area contributed by atoms with Gasteiger partial charge in [0.15, 0.2) is 0 Å². The molecule has 2 aliphatic rings. The van der Waals surface area contributed by atoms with E-state index in [1.54, 1.807) is 60.7 Å². The number of aryl methyl sites for hydroxylation is 1. The summed E-state index contributed by atoms with van der Waals surface area (Å²) in [6.45, 7) is 0.488. The zero-order chi connectivity index (χ0) is 36.5. The number of para-hydroxylation sites is 1. The van der Waals surface area contributed by atoms with Crippen LogP contribution in [0.2, 0.25) is 0 Å². The van der Waals surface area contributed by atoms with Gasteiger partial charge in [0.2, 0.25) is 0 Å². The number of esters is 1. The first-order valence-corrected chi connectivity index (χ1v) is 15.6. The standard InChI is InChI=1S/C33H34N4O6.C2HF3O2/c34-17-6-2-3-7-23-12-15-28-27(19-23)30(41)35-21-29(40)37(28)25-13-10-24(11-14-25)20-33(32(22-39,36-33)16-18-38)31(42)43-26-8-4-1-5-9-26;3-2(4,5)1(6)7/h1,4-5,8-15,18-19,22,36H,2-3,6-7,16-17,20-21,34H2,(H,35,41);(H,6,7)/t32?,33-;/m0./s1. The normalized spacial score (nSPS) is 19.6. The summed E-state index contributed by atoms with van der Waals surface area (Å²) in [6.07, 6.45) is -0.301. The molecule has 15 heteroatoms. The Morgan fingerprint density at radius 1 is 0.960 bits per heavy atom. The number of carboxylic acid groups (broad SMARTS) is 1. The Bertz CT molecular complexity index is 1740. The third-order valence-electron chi connectivity index (χ3n) is 8.32. The molecule has 264 valence electrons. The number of nitrogens with two attached hydrogens (primary N) is 1. The van der Waals surface area contributed by atoms with Crippen LogP contribution in [-0.2, 0) is 36.8 Å². The Hall–Kier alpha value is -5.41. The summed E-state index contributed by atoms with van der Waals surface area (Å²) in [5, 5.41) is 12.8. The number of fused-ring (bicyclic) bond motifs is 1. The molecule has 2 amide bonds. The lowest BCUT2D eigenvalue weighted by Gasteiger charge is -2.23. The minimum Gasteiger partial charge on any atom is -0.475 e. The number of halogens is 3. The number of aliphatic carboxylic acids is 1. The second-order valence-electron chi connectivity index (χ2n) is 11.7. The van der Waals surface area contributed by atoms with Crippen molar-refractivity contribution in [1.29, 1.82) is 0 Å². The lowest BCUT2D eigenvalue weighted by atomic mass is 9.85. The van der Waals surface area contributed by atoms with E-state index in [2.05, 4.69) is 10.6 Å². The van der Waals surface area contributed by atoms with E-state index in [4.69, 9.17) is 20.4 Å². The molecule has 0 spiro atoms. The van der Waals surface area contributed by atoms with Crippen LogP contribution in [0.25, 0.3) is 0 Å². The maximum Gasteiger partial charge on any atom is 0.490 e. The smallest absolute Gasteiger partial charge is 0.475 e. The molecule has 12 nitrogen and oxygen atoms in total. The van der Waals surface area contributed by atoms with Crippen molar-refractivity contribution in [2.24, 2.45) is 5.73 Å². The van der Waals surface area contributed by atoms with Crippen LogP contribution in [0.5, 0.6) is 5.75 Å². The average Bonchev–Trinajstić information content (AvgIpc) is 3.77. The first-order chi connectivity index (χ1) is 23.8. The van der Waals surface area contributed by atoms with Gasteiger partial charge in [0, 0.05) is 18.5 Å². The van der Waals surface area contributed by atoms with Gasteiger partial charge in [-0.25, -0.2) is 9.59 Å². The van der Waals surface area contributed by atoms with Crippen LogP contribution >= 0.6 is 0 Å². The van der Waals surface area contributed by atoms with Crippen molar-refractivity contribution in [1.82, 2.24) is 10.6 Å². The number of ether oxygens (including phenoxy) is 1. The number of aldehydes is 2. The predicted octanol–water partition coefficient (Wildman–Crippen LogP) is 3.42. The molecule has 5 N–H and O–H groups in total. The van der Waals surface area contributed by atoms with E-state index in [9.17, 15) is 37.1 Å². The largest absolute Gasteiger partial charge is 0.490 e. The fourth-order valence-corrected chi connectivity index (χ4v) is 5.66. The topological polar surface area (TPSA) is 195 Å². The molecular formula is C35H35F3N4O8. The van der Waals surface area contributed by atoms with Crippen molar-refractivity contribution in [2.75, 3.05) is 18.0 Å². The first kappa shape index (κ1) is 37.4. The minimum atomic E-state index is -5.08. The fourth-order valence-electron chi connectivity index (χ4n) is 5.66. The molecule has 0 radical (unpaired) electrons. The van der Waals surface area contributed by atoms with Gasteiger partial charge in [-0.15, -0.1) is 0 Å². The highest BCUT2D eigenvalue weighted by Gasteiger charge is 2.72. The predicted molar refractivity (Wildman–Crippen MR) is 174 cm³/mol. The van der Waals surface area contributed by atoms with Gasteiger partial charge < -0.3 is 30.5 Å². The maximum atomic E-state index is 13.4. The van der Waals surface area contributed by atoms with Gasteiger partial charge in [-0.3, -0.25) is 19.8 Å². The van der Waals surface area contributed by atoms with Crippen molar-refractivity contribution in [2.45, 2.75) is 55.8 Å². The lowest BCUT2D eigenvalue weighted by Crippen LogP contribution is -2.41. The molecular weight excluding hydrogens is 661 g/mol. The molecule has 2 heterocycles. The summed E-state index contributed by atoms with van der Waals surface area (Å²) in [7, 11) is 0. The van der Waals surface area contributed by atoms with Crippen LogP contribution in [0, 0.1) is 0 Å². The maximum absolute atomic E-state index is 13.4. The third kappa shape index (κ3) is 8.41. The summed E-state index contributed by atoms with van der Waals surface area (Å²) in [5.74, 6) is -3.72. The molecule has 0 aliphatic carbocycles. The number of rotatable bonds is 13. The van der Waals surface area contributed by atoms with Crippen molar-refractivity contribution in [3.05, 3.63) is 89.5 Å². The quantitative estimate of drug-likeness (QED) is 0.0676. The van der Waals surface area contributed by atoms with E-state index >= 15 is 0 Å². The highest BCUT2D eigenvalue weighted by Crippen LogP contribution is 2.44. The number of carbonyl (C=O) groups excluding carboxylic acids is 5. The van der Waals surface area contributed by atoms with Crippen molar-refractivity contribution in [3.8, 4) is 5.75 Å². The fraction of sp³-hybridized carbons (Fsp3) is 0.314. The van der Waals surface area contributed by atoms with Crippen molar-refractivity contribution < 1.29 is 51.8 Å². The van der Waals surface area contributed by atoms with Gasteiger partial charge in [0.05, 0.1) is 17.8 Å². The highest BCUT2D eigenvalue weighted by atomic mass is 19.4. The second-order valence-corrected chi connectivity index (χ2v) is 11.7. The molecule has 3 aromatic carbocycles. The van der Waals surface area contributed by atoms with Gasteiger partial charge in [-0.1, -0.05) is 42.8 Å². The number of carbonyl (C=O) groups is 6. The summed E-state index contributed by atoms with van der Waals surface area (Å²) >= 11 is 0. The number of unbranched alkanes of at least 4 members (excludes halogenated alkanes) is 2. The number of nitrogens with one attached hydrogen (secondary N) is 2.